The summed E-state index contributed by atoms with van der Waals surface area (Å²) in [6.07, 6.45) is 4.22. The molecule has 0 aliphatic carbocycles. The van der Waals surface area contributed by atoms with Crippen LogP contribution in [0.5, 0.6) is 0 Å². The van der Waals surface area contributed by atoms with Crippen molar-refractivity contribution in [1.29, 1.82) is 0 Å². The summed E-state index contributed by atoms with van der Waals surface area (Å²) in [6.45, 7) is 7.29. The lowest BCUT2D eigenvalue weighted by atomic mass is 10.1. The fraction of sp³-hybridized carbons (Fsp3) is 0.769. The molecule has 1 aromatic rings. The van der Waals surface area contributed by atoms with Crippen LogP contribution in [0.4, 0.5) is 0 Å². The Kier molecular flexibility index (Phi) is 6.89. The predicted octanol–water partition coefficient (Wildman–Crippen LogP) is 2.66. The standard InChI is InChI=1S/C13H25BrN4/c1-5-7-12(15-6-2)13-11(14)10-16-18(13)9-8-17(3)4/h10,12,15H,5-9H2,1-4H3. The summed E-state index contributed by atoms with van der Waals surface area (Å²) in [4.78, 5) is 2.18. The summed E-state index contributed by atoms with van der Waals surface area (Å²) in [6, 6.07) is 0.388. The van der Waals surface area contributed by atoms with E-state index in [1.165, 1.54) is 12.1 Å². The lowest BCUT2D eigenvalue weighted by molar-refractivity contribution is 0.359. The van der Waals surface area contributed by atoms with Crippen molar-refractivity contribution in [2.75, 3.05) is 27.2 Å². The number of nitrogens with zero attached hydrogens (tertiary/aromatic N) is 3. The first-order chi connectivity index (χ1) is 8.60. The van der Waals surface area contributed by atoms with E-state index < -0.39 is 0 Å². The van der Waals surface area contributed by atoms with Gasteiger partial charge in [0.15, 0.2) is 0 Å². The van der Waals surface area contributed by atoms with Gasteiger partial charge in [-0.1, -0.05) is 20.3 Å². The zero-order valence-corrected chi connectivity index (χ0v) is 13.5. The molecular formula is C13H25BrN4. The van der Waals surface area contributed by atoms with E-state index in [0.29, 0.717) is 6.04 Å². The average molecular weight is 317 g/mol. The Morgan fingerprint density at radius 2 is 2.17 bits per heavy atom. The Labute approximate surface area is 119 Å². The minimum atomic E-state index is 0.388. The molecule has 5 heteroatoms. The molecule has 0 amide bonds. The molecule has 1 aromatic heterocycles. The third kappa shape index (κ3) is 4.37. The van der Waals surface area contributed by atoms with Crippen molar-refractivity contribution in [2.24, 2.45) is 0 Å². The van der Waals surface area contributed by atoms with Crippen LogP contribution >= 0.6 is 15.9 Å². The minimum absolute atomic E-state index is 0.388. The van der Waals surface area contributed by atoms with Gasteiger partial charge in [0.1, 0.15) is 0 Å². The lowest BCUT2D eigenvalue weighted by Crippen LogP contribution is -2.26. The molecule has 0 aliphatic rings. The quantitative estimate of drug-likeness (QED) is 0.800. The molecule has 0 bridgehead atoms. The highest BCUT2D eigenvalue weighted by atomic mass is 79.9. The van der Waals surface area contributed by atoms with E-state index in [9.17, 15) is 0 Å². The largest absolute Gasteiger partial charge is 0.309 e. The molecule has 0 aliphatic heterocycles. The number of aromatic nitrogens is 2. The van der Waals surface area contributed by atoms with Gasteiger partial charge in [-0.05, 0) is 43.0 Å². The van der Waals surface area contributed by atoms with Crippen LogP contribution in [0.3, 0.4) is 0 Å². The summed E-state index contributed by atoms with van der Waals surface area (Å²) >= 11 is 3.63. The van der Waals surface area contributed by atoms with Gasteiger partial charge in [0.05, 0.1) is 29.0 Å². The number of halogens is 1. The summed E-state index contributed by atoms with van der Waals surface area (Å²) in [5.41, 5.74) is 1.28. The van der Waals surface area contributed by atoms with E-state index in [-0.39, 0.29) is 0 Å². The second-order valence-corrected chi connectivity index (χ2v) is 5.66. The molecule has 0 spiro atoms. The smallest absolute Gasteiger partial charge is 0.0696 e. The van der Waals surface area contributed by atoms with Crippen molar-refractivity contribution < 1.29 is 0 Å². The Morgan fingerprint density at radius 1 is 1.44 bits per heavy atom. The van der Waals surface area contributed by atoms with Crippen molar-refractivity contribution in [3.05, 3.63) is 16.4 Å². The summed E-state index contributed by atoms with van der Waals surface area (Å²) in [5, 5.41) is 8.03. The Hall–Kier alpha value is -0.390. The van der Waals surface area contributed by atoms with E-state index in [1.54, 1.807) is 0 Å². The molecule has 1 rings (SSSR count). The summed E-state index contributed by atoms with van der Waals surface area (Å²) in [5.74, 6) is 0. The first-order valence-corrected chi connectivity index (χ1v) is 7.48. The van der Waals surface area contributed by atoms with E-state index >= 15 is 0 Å². The van der Waals surface area contributed by atoms with Gasteiger partial charge in [-0.25, -0.2) is 0 Å². The molecule has 18 heavy (non-hydrogen) atoms. The summed E-state index contributed by atoms with van der Waals surface area (Å²) in [7, 11) is 4.18. The molecular weight excluding hydrogens is 292 g/mol. The second kappa shape index (κ2) is 7.92. The van der Waals surface area contributed by atoms with Crippen molar-refractivity contribution in [3.63, 3.8) is 0 Å². The third-order valence-electron chi connectivity index (χ3n) is 2.95. The van der Waals surface area contributed by atoms with Crippen LogP contribution in [-0.4, -0.2) is 41.9 Å². The van der Waals surface area contributed by atoms with Gasteiger partial charge in [0.25, 0.3) is 0 Å². The molecule has 0 radical (unpaired) electrons. The van der Waals surface area contributed by atoms with Crippen LogP contribution in [0.25, 0.3) is 0 Å². The average Bonchev–Trinajstić information content (AvgIpc) is 2.67. The fourth-order valence-corrected chi connectivity index (χ4v) is 2.63. The van der Waals surface area contributed by atoms with Gasteiger partial charge in [-0.3, -0.25) is 4.68 Å². The van der Waals surface area contributed by atoms with Gasteiger partial charge in [-0.15, -0.1) is 0 Å². The fourth-order valence-electron chi connectivity index (χ4n) is 2.06. The van der Waals surface area contributed by atoms with Crippen molar-refractivity contribution >= 4 is 15.9 Å². The van der Waals surface area contributed by atoms with E-state index in [4.69, 9.17) is 0 Å². The van der Waals surface area contributed by atoms with Crippen molar-refractivity contribution in [1.82, 2.24) is 20.0 Å². The second-order valence-electron chi connectivity index (χ2n) is 4.80. The number of hydrogen-bond acceptors (Lipinski definition) is 3. The van der Waals surface area contributed by atoms with E-state index in [2.05, 4.69) is 63.9 Å². The van der Waals surface area contributed by atoms with Crippen LogP contribution in [0.1, 0.15) is 38.4 Å². The van der Waals surface area contributed by atoms with Crippen LogP contribution in [0, 0.1) is 0 Å². The van der Waals surface area contributed by atoms with Gasteiger partial charge in [0.2, 0.25) is 0 Å². The molecule has 1 atom stereocenters. The predicted molar refractivity (Wildman–Crippen MR) is 79.8 cm³/mol. The maximum Gasteiger partial charge on any atom is 0.0696 e. The highest BCUT2D eigenvalue weighted by molar-refractivity contribution is 9.10. The highest BCUT2D eigenvalue weighted by Gasteiger charge is 2.18. The van der Waals surface area contributed by atoms with Crippen LogP contribution in [0.15, 0.2) is 10.7 Å². The normalized spacial score (nSPS) is 13.2. The lowest BCUT2D eigenvalue weighted by Gasteiger charge is -2.20. The zero-order valence-electron chi connectivity index (χ0n) is 11.9. The Bertz CT molecular complexity index is 343. The molecule has 0 saturated carbocycles. The van der Waals surface area contributed by atoms with Crippen LogP contribution in [0.2, 0.25) is 0 Å². The van der Waals surface area contributed by atoms with Gasteiger partial charge < -0.3 is 10.2 Å². The SMILES string of the molecule is CCCC(NCC)c1c(Br)cnn1CCN(C)C. The molecule has 104 valence electrons. The molecule has 1 unspecified atom stereocenters. The molecule has 0 fully saturated rings. The number of nitrogens with one attached hydrogen (secondary N) is 1. The molecule has 1 heterocycles. The monoisotopic (exact) mass is 316 g/mol. The zero-order chi connectivity index (χ0) is 13.5. The Morgan fingerprint density at radius 3 is 2.72 bits per heavy atom. The molecule has 1 N–H and O–H groups in total. The molecule has 4 nitrogen and oxygen atoms in total. The third-order valence-corrected chi connectivity index (χ3v) is 3.56. The Balaban J connectivity index is 2.85. The van der Waals surface area contributed by atoms with Gasteiger partial charge >= 0.3 is 0 Å². The molecule has 0 saturated heterocycles. The van der Waals surface area contributed by atoms with Crippen molar-refractivity contribution in [3.8, 4) is 0 Å². The number of hydrogen-bond donors (Lipinski definition) is 1. The van der Waals surface area contributed by atoms with Crippen LogP contribution in [-0.2, 0) is 6.54 Å². The van der Waals surface area contributed by atoms with Gasteiger partial charge in [0, 0.05) is 6.54 Å². The first-order valence-electron chi connectivity index (χ1n) is 6.69. The number of likely N-dealkylation sites (N-methyl/N-ethyl adjacent to an activating group) is 1. The summed E-state index contributed by atoms with van der Waals surface area (Å²) < 4.78 is 3.23. The molecule has 0 aromatic carbocycles. The van der Waals surface area contributed by atoms with E-state index in [1.807, 2.05) is 6.20 Å². The van der Waals surface area contributed by atoms with Crippen molar-refractivity contribution in [2.45, 2.75) is 39.3 Å². The highest BCUT2D eigenvalue weighted by Crippen LogP contribution is 2.26. The topological polar surface area (TPSA) is 33.1 Å². The maximum absolute atomic E-state index is 4.48. The number of rotatable bonds is 8. The minimum Gasteiger partial charge on any atom is -0.309 e. The first kappa shape index (κ1) is 15.7. The van der Waals surface area contributed by atoms with Crippen LogP contribution < -0.4 is 5.32 Å². The van der Waals surface area contributed by atoms with E-state index in [0.717, 1.165) is 30.5 Å². The van der Waals surface area contributed by atoms with Gasteiger partial charge in [-0.2, -0.15) is 5.10 Å². The maximum atomic E-state index is 4.48.